The smallest absolute Gasteiger partial charge is 0.230 e. The minimum absolute atomic E-state index is 0.0615. The minimum atomic E-state index is -0.0615. The fraction of sp³-hybridized carbons (Fsp3) is 0.636. The number of piperidine rings is 2. The standard InChI is InChI=1S/C22H33N3O2/c1-3-20(17-7-5-4-6-8-17)22(27)25-13-10-19(11-14-25)24-21(26)18-9-12-23-16(2)15-18/h4-8,16,18-20,23H,3,9-15H2,1-2H3,(H,24,26)/t16-,18-,20?/m0/s1. The first-order valence-corrected chi connectivity index (χ1v) is 10.5. The quantitative estimate of drug-likeness (QED) is 0.837. The molecule has 0 bridgehead atoms. The van der Waals surface area contributed by atoms with Crippen LogP contribution in [0.4, 0.5) is 0 Å². The van der Waals surface area contributed by atoms with Gasteiger partial charge in [-0.3, -0.25) is 9.59 Å². The third-order valence-corrected chi connectivity index (χ3v) is 6.06. The van der Waals surface area contributed by atoms with Crippen molar-refractivity contribution >= 4 is 11.8 Å². The Kier molecular flexibility index (Phi) is 6.89. The molecule has 1 aromatic rings. The molecule has 2 aliphatic heterocycles. The van der Waals surface area contributed by atoms with E-state index in [2.05, 4.69) is 24.5 Å². The molecule has 3 rings (SSSR count). The molecule has 0 aromatic heterocycles. The van der Waals surface area contributed by atoms with Crippen molar-refractivity contribution in [1.82, 2.24) is 15.5 Å². The van der Waals surface area contributed by atoms with Gasteiger partial charge in [0.2, 0.25) is 11.8 Å². The fourth-order valence-corrected chi connectivity index (χ4v) is 4.39. The summed E-state index contributed by atoms with van der Waals surface area (Å²) in [5, 5.41) is 6.63. The lowest BCUT2D eigenvalue weighted by Crippen LogP contribution is -2.50. The topological polar surface area (TPSA) is 61.4 Å². The number of benzene rings is 1. The van der Waals surface area contributed by atoms with Gasteiger partial charge in [0.1, 0.15) is 0 Å². The van der Waals surface area contributed by atoms with Gasteiger partial charge in [0.05, 0.1) is 5.92 Å². The van der Waals surface area contributed by atoms with Gasteiger partial charge in [-0.1, -0.05) is 37.3 Å². The Morgan fingerprint density at radius 1 is 1.19 bits per heavy atom. The predicted octanol–water partition coefficient (Wildman–Crippen LogP) is 2.68. The van der Waals surface area contributed by atoms with Crippen molar-refractivity contribution in [2.24, 2.45) is 5.92 Å². The van der Waals surface area contributed by atoms with Crippen LogP contribution in [0.3, 0.4) is 0 Å². The molecule has 148 valence electrons. The van der Waals surface area contributed by atoms with E-state index in [4.69, 9.17) is 0 Å². The van der Waals surface area contributed by atoms with E-state index in [1.165, 1.54) is 0 Å². The second kappa shape index (κ2) is 9.36. The first-order valence-electron chi connectivity index (χ1n) is 10.5. The molecule has 2 aliphatic rings. The monoisotopic (exact) mass is 371 g/mol. The lowest BCUT2D eigenvalue weighted by Gasteiger charge is -2.35. The van der Waals surface area contributed by atoms with Gasteiger partial charge in [-0.05, 0) is 51.1 Å². The number of hydrogen-bond donors (Lipinski definition) is 2. The zero-order valence-electron chi connectivity index (χ0n) is 16.6. The maximum Gasteiger partial charge on any atom is 0.230 e. The van der Waals surface area contributed by atoms with Crippen LogP contribution in [0.1, 0.15) is 57.4 Å². The molecular weight excluding hydrogens is 338 g/mol. The van der Waals surface area contributed by atoms with Gasteiger partial charge in [0.25, 0.3) is 0 Å². The van der Waals surface area contributed by atoms with E-state index in [9.17, 15) is 9.59 Å². The molecule has 2 amide bonds. The van der Waals surface area contributed by atoms with Gasteiger partial charge in [-0.15, -0.1) is 0 Å². The summed E-state index contributed by atoms with van der Waals surface area (Å²) in [6.45, 7) is 6.60. The van der Waals surface area contributed by atoms with Crippen LogP contribution >= 0.6 is 0 Å². The number of hydrogen-bond acceptors (Lipinski definition) is 3. The van der Waals surface area contributed by atoms with Gasteiger partial charge in [-0.25, -0.2) is 0 Å². The van der Waals surface area contributed by atoms with Crippen molar-refractivity contribution in [3.8, 4) is 0 Å². The summed E-state index contributed by atoms with van der Waals surface area (Å²) < 4.78 is 0. The summed E-state index contributed by atoms with van der Waals surface area (Å²) in [4.78, 5) is 27.5. The van der Waals surface area contributed by atoms with Crippen LogP contribution in [0, 0.1) is 5.92 Å². The van der Waals surface area contributed by atoms with E-state index >= 15 is 0 Å². The SMILES string of the molecule is CCC(C(=O)N1CCC(NC(=O)[C@H]2CCN[C@@H](C)C2)CC1)c1ccccc1. The Morgan fingerprint density at radius 2 is 1.89 bits per heavy atom. The maximum atomic E-state index is 13.0. The molecule has 2 saturated heterocycles. The van der Waals surface area contributed by atoms with Crippen LogP contribution in [-0.4, -0.2) is 48.4 Å². The summed E-state index contributed by atoms with van der Waals surface area (Å²) in [6, 6.07) is 10.7. The van der Waals surface area contributed by atoms with Gasteiger partial charge < -0.3 is 15.5 Å². The predicted molar refractivity (Wildman–Crippen MR) is 107 cm³/mol. The molecule has 5 nitrogen and oxygen atoms in total. The van der Waals surface area contributed by atoms with Crippen LogP contribution in [0.5, 0.6) is 0 Å². The van der Waals surface area contributed by atoms with Crippen molar-refractivity contribution in [3.63, 3.8) is 0 Å². The minimum Gasteiger partial charge on any atom is -0.353 e. The number of nitrogens with one attached hydrogen (secondary N) is 2. The van der Waals surface area contributed by atoms with Gasteiger partial charge >= 0.3 is 0 Å². The number of carbonyl (C=O) groups excluding carboxylic acids is 2. The molecule has 5 heteroatoms. The highest BCUT2D eigenvalue weighted by Gasteiger charge is 2.31. The number of amides is 2. The van der Waals surface area contributed by atoms with Crippen LogP contribution in [-0.2, 0) is 9.59 Å². The average Bonchev–Trinajstić information content (AvgIpc) is 2.70. The normalized spacial score (nSPS) is 25.0. The Hall–Kier alpha value is -1.88. The Labute approximate surface area is 162 Å². The Morgan fingerprint density at radius 3 is 2.52 bits per heavy atom. The Balaban J connectivity index is 1.49. The second-order valence-electron chi connectivity index (χ2n) is 8.06. The number of likely N-dealkylation sites (tertiary alicyclic amines) is 1. The highest BCUT2D eigenvalue weighted by Crippen LogP contribution is 2.24. The molecule has 2 N–H and O–H groups in total. The van der Waals surface area contributed by atoms with E-state index in [-0.39, 0.29) is 29.7 Å². The number of nitrogens with zero attached hydrogens (tertiary/aromatic N) is 1. The van der Waals surface area contributed by atoms with Gasteiger partial charge in [-0.2, -0.15) is 0 Å². The average molecular weight is 372 g/mol. The summed E-state index contributed by atoms with van der Waals surface area (Å²) in [5.74, 6) is 0.488. The number of rotatable bonds is 5. The zero-order chi connectivity index (χ0) is 19.2. The lowest BCUT2D eigenvalue weighted by molar-refractivity contribution is -0.134. The molecule has 0 saturated carbocycles. The first kappa shape index (κ1) is 19.9. The van der Waals surface area contributed by atoms with E-state index in [0.717, 1.165) is 57.3 Å². The molecule has 1 unspecified atom stereocenters. The summed E-state index contributed by atoms with van der Waals surface area (Å²) in [5.41, 5.74) is 1.10. The van der Waals surface area contributed by atoms with Crippen LogP contribution in [0.25, 0.3) is 0 Å². The largest absolute Gasteiger partial charge is 0.353 e. The molecular formula is C22H33N3O2. The molecule has 0 aliphatic carbocycles. The fourth-order valence-electron chi connectivity index (χ4n) is 4.39. The highest BCUT2D eigenvalue weighted by atomic mass is 16.2. The van der Waals surface area contributed by atoms with Crippen LogP contribution in [0.15, 0.2) is 30.3 Å². The third kappa shape index (κ3) is 5.10. The third-order valence-electron chi connectivity index (χ3n) is 6.06. The van der Waals surface area contributed by atoms with E-state index in [1.54, 1.807) is 0 Å². The van der Waals surface area contributed by atoms with Crippen molar-refractivity contribution in [2.45, 2.75) is 64.0 Å². The van der Waals surface area contributed by atoms with Gasteiger partial charge in [0.15, 0.2) is 0 Å². The summed E-state index contributed by atoms with van der Waals surface area (Å²) in [7, 11) is 0. The lowest BCUT2D eigenvalue weighted by atomic mass is 9.91. The Bertz CT molecular complexity index is 626. The number of carbonyl (C=O) groups is 2. The van der Waals surface area contributed by atoms with Crippen molar-refractivity contribution in [3.05, 3.63) is 35.9 Å². The molecule has 0 radical (unpaired) electrons. The van der Waals surface area contributed by atoms with E-state index in [1.807, 2.05) is 35.2 Å². The molecule has 1 aromatic carbocycles. The second-order valence-corrected chi connectivity index (χ2v) is 8.06. The molecule has 27 heavy (non-hydrogen) atoms. The van der Waals surface area contributed by atoms with Crippen LogP contribution in [0.2, 0.25) is 0 Å². The molecule has 2 heterocycles. The van der Waals surface area contributed by atoms with Crippen molar-refractivity contribution in [1.29, 1.82) is 0 Å². The van der Waals surface area contributed by atoms with Crippen molar-refractivity contribution < 1.29 is 9.59 Å². The van der Waals surface area contributed by atoms with Crippen molar-refractivity contribution in [2.75, 3.05) is 19.6 Å². The molecule has 0 spiro atoms. The van der Waals surface area contributed by atoms with E-state index < -0.39 is 0 Å². The summed E-state index contributed by atoms with van der Waals surface area (Å²) in [6.07, 6.45) is 4.35. The summed E-state index contributed by atoms with van der Waals surface area (Å²) >= 11 is 0. The first-order chi connectivity index (χ1) is 13.1. The maximum absolute atomic E-state index is 13.0. The van der Waals surface area contributed by atoms with Gasteiger partial charge in [0, 0.05) is 31.1 Å². The molecule has 2 fully saturated rings. The highest BCUT2D eigenvalue weighted by molar-refractivity contribution is 5.84. The van der Waals surface area contributed by atoms with Crippen LogP contribution < -0.4 is 10.6 Å². The molecule has 3 atom stereocenters. The van der Waals surface area contributed by atoms with E-state index in [0.29, 0.717) is 6.04 Å². The zero-order valence-corrected chi connectivity index (χ0v) is 16.6.